The van der Waals surface area contributed by atoms with E-state index in [9.17, 15) is 10.2 Å². The average Bonchev–Trinajstić information content (AvgIpc) is 2.38. The summed E-state index contributed by atoms with van der Waals surface area (Å²) >= 11 is 0. The molecule has 1 aromatic rings. The molecule has 19 heavy (non-hydrogen) atoms. The summed E-state index contributed by atoms with van der Waals surface area (Å²) in [5, 5.41) is 22.5. The Morgan fingerprint density at radius 3 is 2.68 bits per heavy atom. The molecule has 4 heteroatoms. The molecule has 108 valence electrons. The predicted octanol–water partition coefficient (Wildman–Crippen LogP) is 2.50. The van der Waals surface area contributed by atoms with E-state index >= 15 is 0 Å². The Bertz CT molecular complexity index is 392. The molecule has 0 aliphatic heterocycles. The second-order valence-electron chi connectivity index (χ2n) is 5.42. The van der Waals surface area contributed by atoms with Crippen LogP contribution in [0.1, 0.15) is 49.9 Å². The number of nitrogens with one attached hydrogen (secondary N) is 1. The highest BCUT2D eigenvalue weighted by atomic mass is 16.3. The zero-order valence-electron chi connectivity index (χ0n) is 12.2. The third kappa shape index (κ3) is 5.17. The Hall–Kier alpha value is -1.13. The molecule has 1 rings (SSSR count). The van der Waals surface area contributed by atoms with Crippen molar-refractivity contribution in [2.24, 2.45) is 5.92 Å². The Morgan fingerprint density at radius 2 is 2.05 bits per heavy atom. The van der Waals surface area contributed by atoms with Gasteiger partial charge in [-0.05, 0) is 25.8 Å². The zero-order valence-corrected chi connectivity index (χ0v) is 12.2. The first-order valence-electron chi connectivity index (χ1n) is 7.04. The van der Waals surface area contributed by atoms with Crippen molar-refractivity contribution in [2.75, 3.05) is 6.54 Å². The van der Waals surface area contributed by atoms with Gasteiger partial charge in [0, 0.05) is 23.9 Å². The Morgan fingerprint density at radius 1 is 1.32 bits per heavy atom. The first-order valence-corrected chi connectivity index (χ1v) is 7.04. The maximum Gasteiger partial charge on any atom is 0.141 e. The van der Waals surface area contributed by atoms with Gasteiger partial charge in [-0.15, -0.1) is 0 Å². The van der Waals surface area contributed by atoms with Crippen LogP contribution in [0, 0.1) is 12.8 Å². The lowest BCUT2D eigenvalue weighted by molar-refractivity contribution is 0.278. The molecule has 0 amide bonds. The summed E-state index contributed by atoms with van der Waals surface area (Å²) < 4.78 is 0. The number of hydrogen-bond acceptors (Lipinski definition) is 4. The molecule has 0 fully saturated rings. The third-order valence-corrected chi connectivity index (χ3v) is 3.29. The fraction of sp³-hybridized carbons (Fsp3) is 0.667. The summed E-state index contributed by atoms with van der Waals surface area (Å²) in [5.74, 6) is 0.953. The van der Waals surface area contributed by atoms with Crippen molar-refractivity contribution in [3.05, 3.63) is 23.0 Å². The molecule has 0 saturated heterocycles. The van der Waals surface area contributed by atoms with Gasteiger partial charge in [0.25, 0.3) is 0 Å². The number of unbranched alkanes of at least 4 members (excludes halogenated alkanes) is 1. The van der Waals surface area contributed by atoms with Crippen LogP contribution in [0.2, 0.25) is 0 Å². The lowest BCUT2D eigenvalue weighted by Crippen LogP contribution is -2.16. The van der Waals surface area contributed by atoms with Crippen LogP contribution < -0.4 is 5.32 Å². The average molecular weight is 266 g/mol. The van der Waals surface area contributed by atoms with Gasteiger partial charge in [0.1, 0.15) is 5.75 Å². The van der Waals surface area contributed by atoms with E-state index in [0.717, 1.165) is 24.4 Å². The van der Waals surface area contributed by atoms with Crippen LogP contribution in [0.5, 0.6) is 5.75 Å². The van der Waals surface area contributed by atoms with Gasteiger partial charge < -0.3 is 15.5 Å². The largest absolute Gasteiger partial charge is 0.506 e. The van der Waals surface area contributed by atoms with Crippen molar-refractivity contribution in [1.82, 2.24) is 10.3 Å². The smallest absolute Gasteiger partial charge is 0.141 e. The summed E-state index contributed by atoms with van der Waals surface area (Å²) in [6.45, 7) is 7.65. The molecule has 1 aromatic heterocycles. The second kappa shape index (κ2) is 8.12. The number of aryl methyl sites for hydroxylation is 1. The molecule has 0 unspecified atom stereocenters. The maximum absolute atomic E-state index is 9.97. The number of rotatable bonds is 8. The topological polar surface area (TPSA) is 65.4 Å². The molecule has 0 aliphatic rings. The Labute approximate surface area is 115 Å². The summed E-state index contributed by atoms with van der Waals surface area (Å²) in [4.78, 5) is 4.05. The predicted molar refractivity (Wildman–Crippen MR) is 77.0 cm³/mol. The molecular weight excluding hydrogens is 240 g/mol. The number of aromatic hydroxyl groups is 1. The lowest BCUT2D eigenvalue weighted by atomic mass is 10.1. The number of hydrogen-bond donors (Lipinski definition) is 3. The summed E-state index contributed by atoms with van der Waals surface area (Å²) in [6, 6.07) is 0. The molecule has 0 saturated carbocycles. The fourth-order valence-electron chi connectivity index (χ4n) is 2.03. The van der Waals surface area contributed by atoms with Crippen molar-refractivity contribution in [3.63, 3.8) is 0 Å². The fourth-order valence-corrected chi connectivity index (χ4v) is 2.03. The van der Waals surface area contributed by atoms with Crippen LogP contribution in [0.4, 0.5) is 0 Å². The van der Waals surface area contributed by atoms with Crippen LogP contribution >= 0.6 is 0 Å². The van der Waals surface area contributed by atoms with E-state index in [4.69, 9.17) is 0 Å². The van der Waals surface area contributed by atoms with E-state index in [1.807, 2.05) is 0 Å². The highest BCUT2D eigenvalue weighted by molar-refractivity contribution is 5.40. The van der Waals surface area contributed by atoms with Gasteiger partial charge >= 0.3 is 0 Å². The van der Waals surface area contributed by atoms with Crippen LogP contribution in [0.15, 0.2) is 6.20 Å². The highest BCUT2D eigenvalue weighted by Crippen LogP contribution is 2.23. The van der Waals surface area contributed by atoms with E-state index < -0.39 is 0 Å². The van der Waals surface area contributed by atoms with Crippen LogP contribution in [0.3, 0.4) is 0 Å². The maximum atomic E-state index is 9.97. The number of aliphatic hydroxyl groups excluding tert-OH is 1. The van der Waals surface area contributed by atoms with Gasteiger partial charge in [0.2, 0.25) is 0 Å². The van der Waals surface area contributed by atoms with Gasteiger partial charge in [-0.25, -0.2) is 0 Å². The van der Waals surface area contributed by atoms with E-state index in [2.05, 4.69) is 24.1 Å². The number of nitrogens with zero attached hydrogens (tertiary/aromatic N) is 1. The second-order valence-corrected chi connectivity index (χ2v) is 5.42. The molecule has 1 heterocycles. The quantitative estimate of drug-likeness (QED) is 0.633. The third-order valence-electron chi connectivity index (χ3n) is 3.29. The van der Waals surface area contributed by atoms with Gasteiger partial charge in [0.15, 0.2) is 0 Å². The molecule has 0 aliphatic carbocycles. The molecular formula is C15H26N2O2. The Kier molecular flexibility index (Phi) is 6.81. The van der Waals surface area contributed by atoms with E-state index in [1.54, 1.807) is 13.1 Å². The van der Waals surface area contributed by atoms with Crippen LogP contribution in [-0.4, -0.2) is 21.7 Å². The molecule has 0 bridgehead atoms. The van der Waals surface area contributed by atoms with E-state index in [0.29, 0.717) is 17.8 Å². The number of aliphatic hydroxyl groups is 1. The van der Waals surface area contributed by atoms with Gasteiger partial charge in [0.05, 0.1) is 12.3 Å². The van der Waals surface area contributed by atoms with Crippen molar-refractivity contribution in [2.45, 2.75) is 53.2 Å². The number of pyridine rings is 1. The van der Waals surface area contributed by atoms with Crippen molar-refractivity contribution < 1.29 is 10.2 Å². The molecule has 0 aromatic carbocycles. The van der Waals surface area contributed by atoms with Crippen molar-refractivity contribution in [1.29, 1.82) is 0 Å². The lowest BCUT2D eigenvalue weighted by Gasteiger charge is -2.12. The van der Waals surface area contributed by atoms with Crippen molar-refractivity contribution in [3.8, 4) is 5.75 Å². The molecule has 3 N–H and O–H groups in total. The minimum atomic E-state index is -0.0921. The Balaban J connectivity index is 2.42. The standard InChI is InChI=1S/C15H26N2O2/c1-11(2)6-4-5-7-16-9-14-13(10-18)8-17-12(3)15(14)19/h8,11,16,18-19H,4-7,9-10H2,1-3H3. The van der Waals surface area contributed by atoms with Crippen LogP contribution in [0.25, 0.3) is 0 Å². The first-order chi connectivity index (χ1) is 9.06. The summed E-state index contributed by atoms with van der Waals surface area (Å²) in [7, 11) is 0. The minimum absolute atomic E-state index is 0.0921. The monoisotopic (exact) mass is 266 g/mol. The van der Waals surface area contributed by atoms with E-state index in [-0.39, 0.29) is 12.4 Å². The number of aromatic nitrogens is 1. The van der Waals surface area contributed by atoms with Crippen LogP contribution in [-0.2, 0) is 13.2 Å². The van der Waals surface area contributed by atoms with Gasteiger partial charge in [-0.1, -0.05) is 26.7 Å². The molecule has 0 spiro atoms. The normalized spacial score (nSPS) is 11.2. The zero-order chi connectivity index (χ0) is 14.3. The van der Waals surface area contributed by atoms with Crippen molar-refractivity contribution >= 4 is 0 Å². The highest BCUT2D eigenvalue weighted by Gasteiger charge is 2.10. The molecule has 0 radical (unpaired) electrons. The van der Waals surface area contributed by atoms with Gasteiger partial charge in [-0.2, -0.15) is 0 Å². The summed E-state index contributed by atoms with van der Waals surface area (Å²) in [5.41, 5.74) is 2.06. The molecule has 4 nitrogen and oxygen atoms in total. The minimum Gasteiger partial charge on any atom is -0.506 e. The van der Waals surface area contributed by atoms with Gasteiger partial charge in [-0.3, -0.25) is 4.98 Å². The first kappa shape index (κ1) is 15.9. The summed E-state index contributed by atoms with van der Waals surface area (Å²) in [6.07, 6.45) is 5.24. The SMILES string of the molecule is Cc1ncc(CO)c(CNCCCCC(C)C)c1O. The molecule has 0 atom stereocenters. The van der Waals surface area contributed by atoms with E-state index in [1.165, 1.54) is 12.8 Å².